The van der Waals surface area contributed by atoms with Crippen LogP contribution < -0.4 is 0 Å². The molecule has 2 aliphatic rings. The van der Waals surface area contributed by atoms with Gasteiger partial charge in [-0.3, -0.25) is 0 Å². The maximum absolute atomic E-state index is 9.57. The Morgan fingerprint density at radius 1 is 0.810 bits per heavy atom. The first-order valence-electron chi connectivity index (χ1n) is 6.50. The largest absolute Gasteiger partial charge is 0.193 e. The summed E-state index contributed by atoms with van der Waals surface area (Å²) in [4.78, 5) is 0. The molecular weight excluding hydrogens is 260 g/mol. The Kier molecular flexibility index (Phi) is 2.14. The first-order chi connectivity index (χ1) is 10.3. The van der Waals surface area contributed by atoms with E-state index in [1.54, 1.807) is 0 Å². The normalized spacial score (nSPS) is 16.5. The zero-order chi connectivity index (χ0) is 14.4. The molecule has 0 amide bonds. The molecule has 4 rings (SSSR count). The van der Waals surface area contributed by atoms with Crippen LogP contribution in [0.15, 0.2) is 70.0 Å². The molecule has 0 N–H and O–H groups in total. The lowest BCUT2D eigenvalue weighted by molar-refractivity contribution is 0.667. The van der Waals surface area contributed by atoms with E-state index in [0.29, 0.717) is 5.57 Å². The Labute approximate surface area is 121 Å². The van der Waals surface area contributed by atoms with Gasteiger partial charge in [-0.1, -0.05) is 48.5 Å². The van der Waals surface area contributed by atoms with E-state index in [2.05, 4.69) is 16.3 Å². The number of hydrogen-bond acceptors (Lipinski definition) is 4. The highest BCUT2D eigenvalue weighted by atomic mass is 15.2. The van der Waals surface area contributed by atoms with Crippen LogP contribution in [0.25, 0.3) is 11.1 Å². The molecule has 1 aliphatic carbocycles. The van der Waals surface area contributed by atoms with Crippen LogP contribution in [0.4, 0.5) is 0 Å². The van der Waals surface area contributed by atoms with Gasteiger partial charge in [-0.2, -0.15) is 15.6 Å². The molecule has 2 aromatic rings. The van der Waals surface area contributed by atoms with Crippen molar-refractivity contribution in [3.63, 3.8) is 0 Å². The summed E-state index contributed by atoms with van der Waals surface area (Å²) in [5.74, 6) is 0. The number of nitriles is 2. The van der Waals surface area contributed by atoms with E-state index < -0.39 is 5.54 Å². The fraction of sp³-hybridized carbons (Fsp3) is 0.0588. The minimum absolute atomic E-state index is 0.101. The van der Waals surface area contributed by atoms with Gasteiger partial charge in [-0.15, -0.1) is 5.11 Å². The molecular formula is C17H8N4. The lowest BCUT2D eigenvalue weighted by Crippen LogP contribution is -2.22. The number of nitrogens with zero attached hydrogens (tertiary/aromatic N) is 4. The number of rotatable bonds is 0. The molecule has 21 heavy (non-hydrogen) atoms. The zero-order valence-electron chi connectivity index (χ0n) is 10.9. The standard InChI is InChI=1S/C17H8N4/c18-9-15-16(10-19)20-21-17(15)13-7-3-1-5-11(13)12-6-2-4-8-14(12)17/h1-8H. The van der Waals surface area contributed by atoms with E-state index in [9.17, 15) is 10.5 Å². The quantitative estimate of drug-likeness (QED) is 0.731. The van der Waals surface area contributed by atoms with Gasteiger partial charge in [0.15, 0.2) is 11.2 Å². The molecule has 0 saturated heterocycles. The topological polar surface area (TPSA) is 72.3 Å². The van der Waals surface area contributed by atoms with E-state index in [1.807, 2.05) is 54.6 Å². The van der Waals surface area contributed by atoms with Gasteiger partial charge in [0.05, 0.1) is 0 Å². The molecule has 0 bridgehead atoms. The van der Waals surface area contributed by atoms with Crippen molar-refractivity contribution in [1.29, 1.82) is 10.5 Å². The van der Waals surface area contributed by atoms with Crippen molar-refractivity contribution in [3.05, 3.63) is 70.9 Å². The van der Waals surface area contributed by atoms with Gasteiger partial charge in [0.25, 0.3) is 0 Å². The second kappa shape index (κ2) is 3.88. The Hall–Kier alpha value is -3.24. The van der Waals surface area contributed by atoms with E-state index in [-0.39, 0.29) is 5.70 Å². The number of fused-ring (bicyclic) bond motifs is 5. The third kappa shape index (κ3) is 1.22. The SMILES string of the molecule is N#CC1=C(C#N)C2(N=N1)c1ccccc1-c1ccccc12. The fourth-order valence-corrected chi connectivity index (χ4v) is 3.20. The van der Waals surface area contributed by atoms with Crippen LogP contribution in [0.1, 0.15) is 11.1 Å². The number of allylic oxidation sites excluding steroid dienone is 1. The highest BCUT2D eigenvalue weighted by molar-refractivity contribution is 5.84. The van der Waals surface area contributed by atoms with Crippen LogP contribution in [-0.4, -0.2) is 0 Å². The monoisotopic (exact) mass is 268 g/mol. The molecule has 0 saturated carbocycles. The Balaban J connectivity index is 2.18. The first-order valence-corrected chi connectivity index (χ1v) is 6.50. The van der Waals surface area contributed by atoms with Gasteiger partial charge in [0, 0.05) is 0 Å². The molecule has 2 aromatic carbocycles. The molecule has 0 fully saturated rings. The maximum Gasteiger partial charge on any atom is 0.179 e. The van der Waals surface area contributed by atoms with Crippen molar-refractivity contribution in [1.82, 2.24) is 0 Å². The van der Waals surface area contributed by atoms with Crippen LogP contribution in [0, 0.1) is 22.7 Å². The summed E-state index contributed by atoms with van der Waals surface area (Å²) in [5, 5.41) is 27.1. The van der Waals surface area contributed by atoms with Gasteiger partial charge in [-0.05, 0) is 22.3 Å². The van der Waals surface area contributed by atoms with E-state index in [4.69, 9.17) is 0 Å². The molecule has 0 radical (unpaired) electrons. The molecule has 0 atom stereocenters. The van der Waals surface area contributed by atoms with E-state index in [0.717, 1.165) is 22.3 Å². The third-order valence-electron chi connectivity index (χ3n) is 4.04. The minimum atomic E-state index is -0.951. The maximum atomic E-state index is 9.57. The number of azo groups is 1. The van der Waals surface area contributed by atoms with Crippen LogP contribution in [0.5, 0.6) is 0 Å². The minimum Gasteiger partial charge on any atom is -0.193 e. The lowest BCUT2D eigenvalue weighted by atomic mass is 9.81. The van der Waals surface area contributed by atoms with Crippen LogP contribution in [0.3, 0.4) is 0 Å². The van der Waals surface area contributed by atoms with Crippen molar-refractivity contribution in [2.24, 2.45) is 10.2 Å². The van der Waals surface area contributed by atoms with E-state index in [1.165, 1.54) is 0 Å². The first kappa shape index (κ1) is 11.6. The molecule has 4 heteroatoms. The highest BCUT2D eigenvalue weighted by Crippen LogP contribution is 2.56. The van der Waals surface area contributed by atoms with Gasteiger partial charge < -0.3 is 0 Å². The molecule has 1 aliphatic heterocycles. The molecule has 1 heterocycles. The molecule has 1 spiro atoms. The van der Waals surface area contributed by atoms with E-state index >= 15 is 0 Å². The van der Waals surface area contributed by atoms with Crippen LogP contribution >= 0.6 is 0 Å². The van der Waals surface area contributed by atoms with Gasteiger partial charge >= 0.3 is 0 Å². The second-order valence-electron chi connectivity index (χ2n) is 4.95. The van der Waals surface area contributed by atoms with Crippen molar-refractivity contribution >= 4 is 0 Å². The molecule has 4 nitrogen and oxygen atoms in total. The van der Waals surface area contributed by atoms with Gasteiger partial charge in [0.2, 0.25) is 0 Å². The Bertz CT molecular complexity index is 877. The predicted octanol–water partition coefficient (Wildman–Crippen LogP) is 3.68. The fourth-order valence-electron chi connectivity index (χ4n) is 3.20. The van der Waals surface area contributed by atoms with Crippen LogP contribution in [0.2, 0.25) is 0 Å². The highest BCUT2D eigenvalue weighted by Gasteiger charge is 2.51. The Morgan fingerprint density at radius 2 is 1.38 bits per heavy atom. The number of hydrogen-bond donors (Lipinski definition) is 0. The number of benzene rings is 2. The summed E-state index contributed by atoms with van der Waals surface area (Å²) < 4.78 is 0. The average Bonchev–Trinajstić information content (AvgIpc) is 3.06. The van der Waals surface area contributed by atoms with Gasteiger partial charge in [0.1, 0.15) is 17.7 Å². The predicted molar refractivity (Wildman–Crippen MR) is 75.8 cm³/mol. The molecule has 0 unspecified atom stereocenters. The smallest absolute Gasteiger partial charge is 0.179 e. The van der Waals surface area contributed by atoms with Crippen molar-refractivity contribution < 1.29 is 0 Å². The summed E-state index contributed by atoms with van der Waals surface area (Å²) >= 11 is 0. The summed E-state index contributed by atoms with van der Waals surface area (Å²) in [7, 11) is 0. The summed E-state index contributed by atoms with van der Waals surface area (Å²) in [6.45, 7) is 0. The summed E-state index contributed by atoms with van der Waals surface area (Å²) in [6, 6.07) is 19.8. The average molecular weight is 268 g/mol. The van der Waals surface area contributed by atoms with Crippen LogP contribution in [-0.2, 0) is 5.54 Å². The summed E-state index contributed by atoms with van der Waals surface area (Å²) in [6.07, 6.45) is 0. The molecule has 96 valence electrons. The molecule has 0 aromatic heterocycles. The van der Waals surface area contributed by atoms with Gasteiger partial charge in [-0.25, -0.2) is 0 Å². The Morgan fingerprint density at radius 3 is 1.90 bits per heavy atom. The second-order valence-corrected chi connectivity index (χ2v) is 4.95. The van der Waals surface area contributed by atoms with Crippen molar-refractivity contribution in [2.45, 2.75) is 5.54 Å². The summed E-state index contributed by atoms with van der Waals surface area (Å²) in [5.41, 5.74) is 3.37. The van der Waals surface area contributed by atoms with Crippen molar-refractivity contribution in [2.75, 3.05) is 0 Å². The zero-order valence-corrected chi connectivity index (χ0v) is 10.9. The third-order valence-corrected chi connectivity index (χ3v) is 4.04. The lowest BCUT2D eigenvalue weighted by Gasteiger charge is -2.21. The van der Waals surface area contributed by atoms with Crippen molar-refractivity contribution in [3.8, 4) is 23.3 Å².